The molecule has 0 aliphatic carbocycles. The van der Waals surface area contributed by atoms with E-state index in [1.165, 1.54) is 12.8 Å². The third kappa shape index (κ3) is 15.8. The van der Waals surface area contributed by atoms with Crippen LogP contribution in [-0.2, 0) is 14.2 Å². The minimum absolute atomic E-state index is 0.678. The zero-order valence-electron chi connectivity index (χ0n) is 12.4. The van der Waals surface area contributed by atoms with Crippen molar-refractivity contribution in [2.75, 3.05) is 53.2 Å². The third-order valence-electron chi connectivity index (χ3n) is 2.57. The molecule has 0 fully saturated rings. The number of nitrogens with one attached hydrogen (secondary N) is 1. The average Bonchev–Trinajstić information content (AvgIpc) is 2.34. The summed E-state index contributed by atoms with van der Waals surface area (Å²) in [6.07, 6.45) is 3.50. The molecule has 0 spiro atoms. The highest BCUT2D eigenvalue weighted by molar-refractivity contribution is 4.50. The number of methoxy groups -OCH3 is 1. The van der Waals surface area contributed by atoms with Crippen molar-refractivity contribution in [1.82, 2.24) is 5.32 Å². The summed E-state index contributed by atoms with van der Waals surface area (Å²) in [6, 6.07) is 0. The second-order valence-electron chi connectivity index (χ2n) is 4.86. The minimum atomic E-state index is 0.678. The van der Waals surface area contributed by atoms with E-state index in [0.29, 0.717) is 13.2 Å². The van der Waals surface area contributed by atoms with E-state index in [9.17, 15) is 0 Å². The van der Waals surface area contributed by atoms with E-state index in [1.54, 1.807) is 7.11 Å². The Labute approximate surface area is 112 Å². The van der Waals surface area contributed by atoms with E-state index < -0.39 is 0 Å². The molecule has 0 unspecified atom stereocenters. The molecule has 0 rings (SSSR count). The molecule has 0 aliphatic heterocycles. The summed E-state index contributed by atoms with van der Waals surface area (Å²) >= 11 is 0. The van der Waals surface area contributed by atoms with E-state index in [-0.39, 0.29) is 0 Å². The average molecular weight is 261 g/mol. The lowest BCUT2D eigenvalue weighted by Crippen LogP contribution is -2.22. The van der Waals surface area contributed by atoms with Crippen molar-refractivity contribution < 1.29 is 14.2 Å². The molecule has 110 valence electrons. The predicted octanol–water partition coefficient (Wildman–Crippen LogP) is 2.08. The van der Waals surface area contributed by atoms with Gasteiger partial charge in [0.15, 0.2) is 0 Å². The maximum Gasteiger partial charge on any atom is 0.0701 e. The molecule has 0 aromatic rings. The number of ether oxygens (including phenoxy) is 3. The van der Waals surface area contributed by atoms with Gasteiger partial charge in [-0.1, -0.05) is 13.8 Å². The van der Waals surface area contributed by atoms with Crippen molar-refractivity contribution in [2.45, 2.75) is 33.1 Å². The van der Waals surface area contributed by atoms with E-state index in [1.807, 2.05) is 0 Å². The van der Waals surface area contributed by atoms with Gasteiger partial charge in [0.2, 0.25) is 0 Å². The zero-order valence-corrected chi connectivity index (χ0v) is 12.4. The van der Waals surface area contributed by atoms with E-state index >= 15 is 0 Å². The van der Waals surface area contributed by atoms with Crippen LogP contribution in [0.1, 0.15) is 33.1 Å². The summed E-state index contributed by atoms with van der Waals surface area (Å²) in [5.74, 6) is 0.804. The largest absolute Gasteiger partial charge is 0.385 e. The molecule has 18 heavy (non-hydrogen) atoms. The summed E-state index contributed by atoms with van der Waals surface area (Å²) in [5.41, 5.74) is 0. The highest BCUT2D eigenvalue weighted by Gasteiger charge is 1.94. The zero-order chi connectivity index (χ0) is 13.5. The molecule has 0 aromatic heterocycles. The highest BCUT2D eigenvalue weighted by atomic mass is 16.5. The van der Waals surface area contributed by atoms with E-state index in [2.05, 4.69) is 19.2 Å². The smallest absolute Gasteiger partial charge is 0.0701 e. The molecule has 0 bridgehead atoms. The Balaban J connectivity index is 2.90. The summed E-state index contributed by atoms with van der Waals surface area (Å²) < 4.78 is 15.8. The van der Waals surface area contributed by atoms with Gasteiger partial charge in [-0.2, -0.15) is 0 Å². The Morgan fingerprint density at radius 2 is 1.56 bits per heavy atom. The lowest BCUT2D eigenvalue weighted by atomic mass is 10.1. The first-order chi connectivity index (χ1) is 8.77. The van der Waals surface area contributed by atoms with E-state index in [4.69, 9.17) is 14.2 Å². The van der Waals surface area contributed by atoms with Gasteiger partial charge in [-0.15, -0.1) is 0 Å². The van der Waals surface area contributed by atoms with Crippen LogP contribution in [0.2, 0.25) is 0 Å². The number of hydrogen-bond acceptors (Lipinski definition) is 4. The first-order valence-corrected chi connectivity index (χ1v) is 7.12. The molecule has 0 saturated carbocycles. The standard InChI is InChI=1S/C14H31NO3/c1-14(2)6-4-7-15-8-11-18-13-12-17-10-5-9-16-3/h14-15H,4-13H2,1-3H3. The summed E-state index contributed by atoms with van der Waals surface area (Å²) in [5, 5.41) is 3.38. The van der Waals surface area contributed by atoms with Crippen LogP contribution in [0, 0.1) is 5.92 Å². The van der Waals surface area contributed by atoms with Crippen molar-refractivity contribution in [2.24, 2.45) is 5.92 Å². The van der Waals surface area contributed by atoms with Gasteiger partial charge < -0.3 is 19.5 Å². The van der Waals surface area contributed by atoms with Crippen LogP contribution in [-0.4, -0.2) is 53.2 Å². The van der Waals surface area contributed by atoms with Gasteiger partial charge in [-0.05, 0) is 31.7 Å². The van der Waals surface area contributed by atoms with Crippen molar-refractivity contribution in [1.29, 1.82) is 0 Å². The van der Waals surface area contributed by atoms with Crippen LogP contribution in [0.4, 0.5) is 0 Å². The Hall–Kier alpha value is -0.160. The topological polar surface area (TPSA) is 39.7 Å². The molecule has 0 saturated heterocycles. The first-order valence-electron chi connectivity index (χ1n) is 7.12. The predicted molar refractivity (Wildman–Crippen MR) is 75.1 cm³/mol. The maximum atomic E-state index is 5.45. The SMILES string of the molecule is COCCCOCCOCCNCCCC(C)C. The van der Waals surface area contributed by atoms with Crippen LogP contribution in [0.25, 0.3) is 0 Å². The van der Waals surface area contributed by atoms with Crippen LogP contribution in [0.15, 0.2) is 0 Å². The van der Waals surface area contributed by atoms with Gasteiger partial charge in [0.1, 0.15) is 0 Å². The lowest BCUT2D eigenvalue weighted by molar-refractivity contribution is 0.0408. The Morgan fingerprint density at radius 3 is 2.22 bits per heavy atom. The molecular weight excluding hydrogens is 230 g/mol. The molecule has 1 N–H and O–H groups in total. The van der Waals surface area contributed by atoms with Crippen molar-refractivity contribution in [3.8, 4) is 0 Å². The molecule has 0 radical (unpaired) electrons. The minimum Gasteiger partial charge on any atom is -0.385 e. The summed E-state index contributed by atoms with van der Waals surface area (Å²) in [7, 11) is 1.71. The van der Waals surface area contributed by atoms with Crippen LogP contribution in [0.5, 0.6) is 0 Å². The van der Waals surface area contributed by atoms with Gasteiger partial charge in [-0.25, -0.2) is 0 Å². The monoisotopic (exact) mass is 261 g/mol. The van der Waals surface area contributed by atoms with Crippen LogP contribution < -0.4 is 5.32 Å². The first kappa shape index (κ1) is 17.8. The molecular formula is C14H31NO3. The molecule has 0 heterocycles. The molecule has 0 atom stereocenters. The lowest BCUT2D eigenvalue weighted by Gasteiger charge is -2.08. The second-order valence-corrected chi connectivity index (χ2v) is 4.86. The van der Waals surface area contributed by atoms with Gasteiger partial charge in [0.25, 0.3) is 0 Å². The Bertz CT molecular complexity index is 154. The molecule has 0 aromatic carbocycles. The van der Waals surface area contributed by atoms with Crippen molar-refractivity contribution >= 4 is 0 Å². The molecule has 4 heteroatoms. The van der Waals surface area contributed by atoms with Crippen molar-refractivity contribution in [3.63, 3.8) is 0 Å². The Morgan fingerprint density at radius 1 is 0.833 bits per heavy atom. The van der Waals surface area contributed by atoms with Crippen molar-refractivity contribution in [3.05, 3.63) is 0 Å². The van der Waals surface area contributed by atoms with Gasteiger partial charge in [0.05, 0.1) is 19.8 Å². The Kier molecular flexibility index (Phi) is 14.8. The second kappa shape index (κ2) is 14.9. The number of hydrogen-bond donors (Lipinski definition) is 1. The summed E-state index contributed by atoms with van der Waals surface area (Å²) in [6.45, 7) is 10.2. The third-order valence-corrected chi connectivity index (χ3v) is 2.57. The molecule has 4 nitrogen and oxygen atoms in total. The number of rotatable bonds is 14. The van der Waals surface area contributed by atoms with Crippen LogP contribution >= 0.6 is 0 Å². The molecule has 0 aliphatic rings. The van der Waals surface area contributed by atoms with Gasteiger partial charge in [0, 0.05) is 26.9 Å². The van der Waals surface area contributed by atoms with Gasteiger partial charge >= 0.3 is 0 Å². The fourth-order valence-electron chi connectivity index (χ4n) is 1.53. The summed E-state index contributed by atoms with van der Waals surface area (Å²) in [4.78, 5) is 0. The highest BCUT2D eigenvalue weighted by Crippen LogP contribution is 2.01. The quantitative estimate of drug-likeness (QED) is 0.486. The van der Waals surface area contributed by atoms with Crippen LogP contribution in [0.3, 0.4) is 0 Å². The maximum absolute atomic E-state index is 5.45. The van der Waals surface area contributed by atoms with Gasteiger partial charge in [-0.3, -0.25) is 0 Å². The van der Waals surface area contributed by atoms with E-state index in [0.717, 1.165) is 45.2 Å². The fraction of sp³-hybridized carbons (Fsp3) is 1.00. The fourth-order valence-corrected chi connectivity index (χ4v) is 1.53. The molecule has 0 amide bonds. The normalized spacial score (nSPS) is 11.3.